The van der Waals surface area contributed by atoms with Gasteiger partial charge in [-0.15, -0.1) is 0 Å². The summed E-state index contributed by atoms with van der Waals surface area (Å²) >= 11 is 0. The van der Waals surface area contributed by atoms with E-state index in [0.29, 0.717) is 18.8 Å². The largest absolute Gasteiger partial charge is 0.350 e. The Morgan fingerprint density at radius 1 is 1.12 bits per heavy atom. The highest BCUT2D eigenvalue weighted by Gasteiger charge is 2.46. The second-order valence-electron chi connectivity index (χ2n) is 6.69. The van der Waals surface area contributed by atoms with Crippen molar-refractivity contribution in [2.24, 2.45) is 0 Å². The van der Waals surface area contributed by atoms with Crippen molar-refractivity contribution in [2.75, 3.05) is 13.1 Å². The second kappa shape index (κ2) is 6.23. The van der Waals surface area contributed by atoms with Gasteiger partial charge in [-0.3, -0.25) is 19.6 Å². The summed E-state index contributed by atoms with van der Waals surface area (Å²) in [7, 11) is 0. The van der Waals surface area contributed by atoms with E-state index in [2.05, 4.69) is 20.3 Å². The quantitative estimate of drug-likeness (QED) is 0.888. The number of hydrogen-bond acceptors (Lipinski definition) is 5. The Balaban J connectivity index is 1.43. The minimum absolute atomic E-state index is 0.0694. The van der Waals surface area contributed by atoms with Crippen molar-refractivity contribution in [1.29, 1.82) is 0 Å². The minimum atomic E-state index is -0.218. The zero-order valence-electron chi connectivity index (χ0n) is 13.8. The van der Waals surface area contributed by atoms with Crippen LogP contribution in [0.15, 0.2) is 43.1 Å². The summed E-state index contributed by atoms with van der Waals surface area (Å²) in [5, 5.41) is 3.19. The van der Waals surface area contributed by atoms with E-state index in [0.717, 1.165) is 24.8 Å². The number of piperidine rings is 1. The minimum Gasteiger partial charge on any atom is -0.350 e. The molecule has 0 bridgehead atoms. The number of hydrogen-bond donors (Lipinski definition) is 1. The number of nitrogens with zero attached hydrogens (tertiary/aromatic N) is 4. The van der Waals surface area contributed by atoms with Crippen molar-refractivity contribution < 1.29 is 9.59 Å². The molecule has 2 aliphatic rings. The van der Waals surface area contributed by atoms with Gasteiger partial charge in [0.1, 0.15) is 5.69 Å². The predicted molar refractivity (Wildman–Crippen MR) is 89.6 cm³/mol. The molecule has 1 spiro atoms. The number of likely N-dealkylation sites (tertiary alicyclic amines) is 1. The van der Waals surface area contributed by atoms with Gasteiger partial charge in [-0.25, -0.2) is 4.98 Å². The first kappa shape index (κ1) is 15.7. The molecule has 0 aliphatic carbocycles. The highest BCUT2D eigenvalue weighted by Crippen LogP contribution is 2.39. The lowest BCUT2D eigenvalue weighted by Gasteiger charge is -2.39. The molecule has 1 atom stereocenters. The second-order valence-corrected chi connectivity index (χ2v) is 6.69. The summed E-state index contributed by atoms with van der Waals surface area (Å²) in [5.74, 6) is -0.164. The fourth-order valence-electron chi connectivity index (χ4n) is 3.79. The molecule has 0 saturated carbocycles. The average molecular weight is 337 g/mol. The third kappa shape index (κ3) is 2.97. The Hall–Kier alpha value is -2.83. The molecule has 0 radical (unpaired) electrons. The maximum atomic E-state index is 12.5. The van der Waals surface area contributed by atoms with Gasteiger partial charge in [-0.2, -0.15) is 0 Å². The number of carbonyl (C=O) groups is 2. The normalized spacial score (nSPS) is 22.0. The van der Waals surface area contributed by atoms with Gasteiger partial charge < -0.3 is 10.2 Å². The number of pyridine rings is 1. The number of amides is 2. The molecular weight excluding hydrogens is 318 g/mol. The molecule has 0 unspecified atom stereocenters. The summed E-state index contributed by atoms with van der Waals surface area (Å²) in [6, 6.07) is 3.80. The van der Waals surface area contributed by atoms with Crippen LogP contribution in [0.1, 0.15) is 41.2 Å². The van der Waals surface area contributed by atoms with Crippen LogP contribution in [0.25, 0.3) is 0 Å². The summed E-state index contributed by atoms with van der Waals surface area (Å²) in [5.41, 5.74) is 1.15. The van der Waals surface area contributed by atoms with Crippen LogP contribution in [0.2, 0.25) is 0 Å². The van der Waals surface area contributed by atoms with Crippen LogP contribution in [0.4, 0.5) is 0 Å². The molecule has 2 aromatic heterocycles. The van der Waals surface area contributed by atoms with Crippen molar-refractivity contribution in [3.05, 3.63) is 54.4 Å². The number of rotatable bonds is 2. The standard InChI is InChI=1S/C18H19N5O2/c24-16-14(13-1-5-19-6-2-13)11-18(22-16)3-9-23(10-4-18)17(25)15-12-20-7-8-21-15/h1-2,5-8,12,14H,3-4,9-11H2,(H,22,24)/t14-/m0/s1. The van der Waals surface area contributed by atoms with E-state index in [4.69, 9.17) is 0 Å². The Bertz CT molecular complexity index is 773. The molecule has 128 valence electrons. The van der Waals surface area contributed by atoms with Crippen molar-refractivity contribution in [3.63, 3.8) is 0 Å². The first-order valence-electron chi connectivity index (χ1n) is 8.44. The highest BCUT2D eigenvalue weighted by molar-refractivity contribution is 5.92. The molecular formula is C18H19N5O2. The van der Waals surface area contributed by atoms with Crippen molar-refractivity contribution in [3.8, 4) is 0 Å². The highest BCUT2D eigenvalue weighted by atomic mass is 16.2. The Morgan fingerprint density at radius 3 is 2.56 bits per heavy atom. The van der Waals surface area contributed by atoms with E-state index in [1.54, 1.807) is 23.5 Å². The van der Waals surface area contributed by atoms with Gasteiger partial charge in [-0.05, 0) is 37.0 Å². The zero-order valence-corrected chi connectivity index (χ0v) is 13.8. The Morgan fingerprint density at radius 2 is 1.88 bits per heavy atom. The summed E-state index contributed by atoms with van der Waals surface area (Å²) in [6.45, 7) is 1.22. The molecule has 7 nitrogen and oxygen atoms in total. The predicted octanol–water partition coefficient (Wildman–Crippen LogP) is 1.15. The smallest absolute Gasteiger partial charge is 0.274 e. The molecule has 2 fully saturated rings. The lowest BCUT2D eigenvalue weighted by atomic mass is 9.82. The van der Waals surface area contributed by atoms with Crippen LogP contribution in [-0.2, 0) is 4.79 Å². The third-order valence-electron chi connectivity index (χ3n) is 5.20. The van der Waals surface area contributed by atoms with Gasteiger partial charge >= 0.3 is 0 Å². The van der Waals surface area contributed by atoms with E-state index in [9.17, 15) is 9.59 Å². The molecule has 2 aromatic rings. The van der Waals surface area contributed by atoms with Gasteiger partial charge in [0, 0.05) is 43.4 Å². The third-order valence-corrected chi connectivity index (χ3v) is 5.20. The van der Waals surface area contributed by atoms with Crippen LogP contribution in [0, 0.1) is 0 Å². The van der Waals surface area contributed by atoms with Gasteiger partial charge in [0.05, 0.1) is 12.1 Å². The van der Waals surface area contributed by atoms with Crippen LogP contribution in [-0.4, -0.2) is 50.3 Å². The molecule has 2 amide bonds. The van der Waals surface area contributed by atoms with Crippen LogP contribution in [0.5, 0.6) is 0 Å². The average Bonchev–Trinajstić information content (AvgIpc) is 2.99. The van der Waals surface area contributed by atoms with E-state index in [1.165, 1.54) is 12.4 Å². The maximum Gasteiger partial charge on any atom is 0.274 e. The van der Waals surface area contributed by atoms with E-state index in [1.807, 2.05) is 12.1 Å². The van der Waals surface area contributed by atoms with Crippen molar-refractivity contribution in [2.45, 2.75) is 30.7 Å². The lowest BCUT2D eigenvalue weighted by Crippen LogP contribution is -2.52. The topological polar surface area (TPSA) is 88.1 Å². The van der Waals surface area contributed by atoms with E-state index in [-0.39, 0.29) is 23.3 Å². The fraction of sp³-hybridized carbons (Fsp3) is 0.389. The molecule has 2 saturated heterocycles. The van der Waals surface area contributed by atoms with Crippen LogP contribution >= 0.6 is 0 Å². The zero-order chi connectivity index (χ0) is 17.3. The number of carbonyl (C=O) groups excluding carboxylic acids is 2. The van der Waals surface area contributed by atoms with E-state index >= 15 is 0 Å². The van der Waals surface area contributed by atoms with Gasteiger partial charge in [0.15, 0.2) is 0 Å². The van der Waals surface area contributed by atoms with Gasteiger partial charge in [0.2, 0.25) is 5.91 Å². The fourth-order valence-corrected chi connectivity index (χ4v) is 3.79. The first-order valence-corrected chi connectivity index (χ1v) is 8.44. The number of nitrogens with one attached hydrogen (secondary N) is 1. The van der Waals surface area contributed by atoms with Crippen molar-refractivity contribution in [1.82, 2.24) is 25.2 Å². The van der Waals surface area contributed by atoms with Crippen LogP contribution in [0.3, 0.4) is 0 Å². The summed E-state index contributed by atoms with van der Waals surface area (Å²) in [4.78, 5) is 38.8. The SMILES string of the molecule is O=C1NC2(CCN(C(=O)c3cnccn3)CC2)C[C@H]1c1ccncc1. The Labute approximate surface area is 145 Å². The monoisotopic (exact) mass is 337 g/mol. The molecule has 7 heteroatoms. The van der Waals surface area contributed by atoms with E-state index < -0.39 is 0 Å². The van der Waals surface area contributed by atoms with Gasteiger partial charge in [0.25, 0.3) is 5.91 Å². The maximum absolute atomic E-state index is 12.5. The molecule has 4 heterocycles. The Kier molecular flexibility index (Phi) is 3.91. The van der Waals surface area contributed by atoms with Crippen molar-refractivity contribution >= 4 is 11.8 Å². The molecule has 4 rings (SSSR count). The molecule has 0 aromatic carbocycles. The molecule has 25 heavy (non-hydrogen) atoms. The van der Waals surface area contributed by atoms with Crippen LogP contribution < -0.4 is 5.32 Å². The number of aromatic nitrogens is 3. The first-order chi connectivity index (χ1) is 12.2. The molecule has 1 N–H and O–H groups in total. The summed E-state index contributed by atoms with van der Waals surface area (Å²) in [6.07, 6.45) is 10.3. The summed E-state index contributed by atoms with van der Waals surface area (Å²) < 4.78 is 0. The molecule has 2 aliphatic heterocycles. The lowest BCUT2D eigenvalue weighted by molar-refractivity contribution is -0.121. The van der Waals surface area contributed by atoms with Gasteiger partial charge in [-0.1, -0.05) is 0 Å².